The third-order valence-electron chi connectivity index (χ3n) is 15.2. The Labute approximate surface area is 443 Å². The lowest BCUT2D eigenvalue weighted by Gasteiger charge is -2.41. The third-order valence-corrected chi connectivity index (χ3v) is 15.2. The SMILES string of the molecule is CC[C@H](C)[C@@H]([C@@H](CC(=O)N1C2=C[C@H]2C[C@H]1[C@H](OC)[C@@H](C)C(=O)N[C@@H](Cc1ccccc1F)C(=O)OC(C)(C)C)OC)N(C)C(=O)[C@@H](NC(=O)[C@H](C(C)C)N(C)C(=O)OCC1c2ccccc2-c2ccccc21)C(C)C. The number of hydrogen-bond donors (Lipinski definition) is 2. The predicted molar refractivity (Wildman–Crippen MR) is 284 cm³/mol. The van der Waals surface area contributed by atoms with Crippen LogP contribution in [0.15, 0.2) is 84.6 Å². The quantitative estimate of drug-likeness (QED) is 0.0881. The van der Waals surface area contributed by atoms with E-state index >= 15 is 0 Å². The van der Waals surface area contributed by atoms with E-state index in [1.165, 1.54) is 32.2 Å². The number of rotatable bonds is 23. The number of fused-ring (bicyclic) bond motifs is 4. The molecule has 0 unspecified atom stereocenters. The van der Waals surface area contributed by atoms with E-state index in [2.05, 4.69) is 22.8 Å². The zero-order chi connectivity index (χ0) is 55.2. The topological polar surface area (TPSA) is 173 Å². The van der Waals surface area contributed by atoms with Gasteiger partial charge in [-0.2, -0.15) is 0 Å². The lowest BCUT2D eigenvalue weighted by atomic mass is 9.89. The molecule has 1 saturated heterocycles. The Morgan fingerprint density at radius 2 is 1.39 bits per heavy atom. The zero-order valence-corrected chi connectivity index (χ0v) is 46.3. The molecule has 2 N–H and O–H groups in total. The van der Waals surface area contributed by atoms with Crippen molar-refractivity contribution < 1.29 is 52.1 Å². The van der Waals surface area contributed by atoms with Crippen LogP contribution in [-0.4, -0.2) is 133 Å². The second-order valence-corrected chi connectivity index (χ2v) is 22.3. The molecule has 0 saturated carbocycles. The highest BCUT2D eigenvalue weighted by Crippen LogP contribution is 2.48. The van der Waals surface area contributed by atoms with Crippen LogP contribution in [0.2, 0.25) is 0 Å². The monoisotopic (exact) mass is 1040 g/mol. The Kier molecular flexibility index (Phi) is 19.1. The zero-order valence-electron chi connectivity index (χ0n) is 46.3. The Morgan fingerprint density at radius 1 is 0.787 bits per heavy atom. The summed E-state index contributed by atoms with van der Waals surface area (Å²) in [6, 6.07) is 17.8. The fraction of sp³-hybridized carbons (Fsp3) is 0.559. The van der Waals surface area contributed by atoms with Crippen LogP contribution < -0.4 is 10.6 Å². The minimum Gasteiger partial charge on any atom is -0.458 e. The smallest absolute Gasteiger partial charge is 0.410 e. The number of nitrogens with one attached hydrogen (secondary N) is 2. The molecule has 1 aliphatic heterocycles. The first-order valence-electron chi connectivity index (χ1n) is 26.4. The van der Waals surface area contributed by atoms with Gasteiger partial charge in [-0.05, 0) is 78.8 Å². The average Bonchev–Trinajstić information content (AvgIpc) is 3.91. The summed E-state index contributed by atoms with van der Waals surface area (Å²) in [6.07, 6.45) is 0.617. The Morgan fingerprint density at radius 3 is 1.93 bits per heavy atom. The van der Waals surface area contributed by atoms with Gasteiger partial charge in [-0.1, -0.05) is 128 Å². The molecule has 2 aliphatic carbocycles. The summed E-state index contributed by atoms with van der Waals surface area (Å²) < 4.78 is 38.6. The van der Waals surface area contributed by atoms with Crippen LogP contribution in [0.5, 0.6) is 0 Å². The molecule has 3 aromatic carbocycles. The summed E-state index contributed by atoms with van der Waals surface area (Å²) >= 11 is 0. The number of benzene rings is 3. The van der Waals surface area contributed by atoms with Crippen molar-refractivity contribution in [1.29, 1.82) is 0 Å². The van der Waals surface area contributed by atoms with E-state index in [0.717, 1.165) is 28.0 Å². The lowest BCUT2D eigenvalue weighted by Crippen LogP contribution is -2.60. The molecule has 5 amide bonds. The van der Waals surface area contributed by atoms with Gasteiger partial charge in [0, 0.05) is 52.3 Å². The molecular formula is C59H80FN5O10. The summed E-state index contributed by atoms with van der Waals surface area (Å²) in [5.74, 6) is -4.84. The second kappa shape index (κ2) is 24.7. The number of ether oxygens (including phenoxy) is 4. The largest absolute Gasteiger partial charge is 0.458 e. The molecule has 0 bridgehead atoms. The van der Waals surface area contributed by atoms with Crippen molar-refractivity contribution in [1.82, 2.24) is 25.3 Å². The number of likely N-dealkylation sites (tertiary alicyclic amines) is 1. The maximum Gasteiger partial charge on any atom is 0.410 e. The molecule has 0 spiro atoms. The van der Waals surface area contributed by atoms with Gasteiger partial charge in [-0.15, -0.1) is 0 Å². The minimum atomic E-state index is -1.21. The molecule has 16 heteroatoms. The molecule has 75 heavy (non-hydrogen) atoms. The first kappa shape index (κ1) is 58.1. The number of carbonyl (C=O) groups is 6. The number of allylic oxidation sites excluding steroid dienone is 2. The van der Waals surface area contributed by atoms with Gasteiger partial charge < -0.3 is 39.4 Å². The number of esters is 1. The van der Waals surface area contributed by atoms with Crippen molar-refractivity contribution in [3.05, 3.63) is 107 Å². The molecule has 1 fully saturated rings. The van der Waals surface area contributed by atoms with Crippen molar-refractivity contribution in [2.45, 2.75) is 149 Å². The van der Waals surface area contributed by atoms with Crippen molar-refractivity contribution >= 4 is 35.7 Å². The molecule has 3 aliphatic rings. The summed E-state index contributed by atoms with van der Waals surface area (Å²) in [5, 5.41) is 5.80. The fourth-order valence-corrected chi connectivity index (χ4v) is 11.1. The molecular weight excluding hydrogens is 958 g/mol. The van der Waals surface area contributed by atoms with E-state index < -0.39 is 83.6 Å². The van der Waals surface area contributed by atoms with Gasteiger partial charge in [-0.3, -0.25) is 24.1 Å². The van der Waals surface area contributed by atoms with Crippen LogP contribution >= 0.6 is 0 Å². The molecule has 408 valence electrons. The molecule has 0 radical (unpaired) electrons. The first-order valence-corrected chi connectivity index (χ1v) is 26.4. The average molecular weight is 1040 g/mol. The molecule has 15 nitrogen and oxygen atoms in total. The van der Waals surface area contributed by atoms with E-state index in [4.69, 9.17) is 18.9 Å². The fourth-order valence-electron chi connectivity index (χ4n) is 11.1. The normalized spacial score (nSPS) is 19.0. The van der Waals surface area contributed by atoms with E-state index in [0.29, 0.717) is 12.8 Å². The van der Waals surface area contributed by atoms with Gasteiger partial charge >= 0.3 is 12.1 Å². The van der Waals surface area contributed by atoms with Gasteiger partial charge in [0.05, 0.1) is 36.6 Å². The maximum absolute atomic E-state index is 14.8. The molecule has 6 rings (SSSR count). The summed E-state index contributed by atoms with van der Waals surface area (Å²) in [5.41, 5.74) is 4.52. The number of halogens is 1. The maximum atomic E-state index is 14.8. The molecule has 1 heterocycles. The molecule has 0 aromatic heterocycles. The first-order chi connectivity index (χ1) is 35.4. The van der Waals surface area contributed by atoms with Crippen LogP contribution in [0.3, 0.4) is 0 Å². The van der Waals surface area contributed by atoms with Gasteiger partial charge in [0.25, 0.3) is 0 Å². The Hall–Kier alpha value is -6.13. The molecule has 3 aromatic rings. The van der Waals surface area contributed by atoms with E-state index in [9.17, 15) is 33.2 Å². The van der Waals surface area contributed by atoms with Crippen molar-refractivity contribution in [3.8, 4) is 11.1 Å². The summed E-state index contributed by atoms with van der Waals surface area (Å²) in [6.45, 7) is 18.2. The number of methoxy groups -OCH3 is 2. The van der Waals surface area contributed by atoms with E-state index in [1.807, 2.05) is 84.0 Å². The number of amides is 5. The number of hydrogen-bond acceptors (Lipinski definition) is 10. The van der Waals surface area contributed by atoms with Gasteiger partial charge in [-0.25, -0.2) is 14.0 Å². The Balaban J connectivity index is 1.14. The van der Waals surface area contributed by atoms with Gasteiger partial charge in [0.15, 0.2) is 0 Å². The lowest BCUT2D eigenvalue weighted by molar-refractivity contribution is -0.159. The predicted octanol–water partition coefficient (Wildman–Crippen LogP) is 8.28. The Bertz CT molecular complexity index is 2530. The third kappa shape index (κ3) is 13.3. The van der Waals surface area contributed by atoms with Crippen molar-refractivity contribution in [3.63, 3.8) is 0 Å². The van der Waals surface area contributed by atoms with E-state index in [-0.39, 0.29) is 66.4 Å². The van der Waals surface area contributed by atoms with E-state index in [1.54, 1.807) is 62.7 Å². The summed E-state index contributed by atoms with van der Waals surface area (Å²) in [4.78, 5) is 89.9. The number of nitrogens with zero attached hydrogens (tertiary/aromatic N) is 3. The van der Waals surface area contributed by atoms with Crippen LogP contribution in [0, 0.1) is 35.4 Å². The second-order valence-electron chi connectivity index (χ2n) is 22.3. The van der Waals surface area contributed by atoms with Crippen LogP contribution in [0.25, 0.3) is 11.1 Å². The highest BCUT2D eigenvalue weighted by Gasteiger charge is 2.52. The van der Waals surface area contributed by atoms with Crippen molar-refractivity contribution in [2.24, 2.45) is 29.6 Å². The van der Waals surface area contributed by atoms with Crippen LogP contribution in [-0.2, 0) is 49.3 Å². The van der Waals surface area contributed by atoms with Crippen LogP contribution in [0.4, 0.5) is 9.18 Å². The van der Waals surface area contributed by atoms with Crippen LogP contribution in [0.1, 0.15) is 111 Å². The highest BCUT2D eigenvalue weighted by molar-refractivity contribution is 5.92. The highest BCUT2D eigenvalue weighted by atomic mass is 19.1. The van der Waals surface area contributed by atoms with Crippen molar-refractivity contribution in [2.75, 3.05) is 34.9 Å². The van der Waals surface area contributed by atoms with Gasteiger partial charge in [0.1, 0.15) is 36.2 Å². The minimum absolute atomic E-state index is 0.00584. The number of carbonyl (C=O) groups excluding carboxylic acids is 6. The summed E-state index contributed by atoms with van der Waals surface area (Å²) in [7, 11) is 6.18. The standard InChI is InChI=1S/C59H80FN5O10/c1-15-35(6)52(63(11)56(69)50(33(2)3)62-55(68)51(34(4)5)64(12)58(71)74-32-43-41-25-19-17-23-39(41)40-24-18-20-26-42(40)43)48(72-13)31-49(66)65-46-29-38(46)30-47(65)53(73-14)36(7)54(67)61-45(57(70)75-59(8,9)10)28-37-22-16-21-27-44(37)60/h16-27,29,33-36,38,43,45,47-48,50-53H,15,28,30-32H2,1-14H3,(H,61,67)(H,62,68)/t35-,36+,38-,45-,47-,48+,50-,51-,52-,53+/m0/s1. The molecule has 10 atom stereocenters. The van der Waals surface area contributed by atoms with Gasteiger partial charge in [0.2, 0.25) is 23.6 Å². The number of likely N-dealkylation sites (N-methyl/N-ethyl adjacent to an activating group) is 2.